The molecule has 0 saturated carbocycles. The van der Waals surface area contributed by atoms with Gasteiger partial charge in [-0.3, -0.25) is 0 Å². The van der Waals surface area contributed by atoms with E-state index in [0.29, 0.717) is 0 Å². The summed E-state index contributed by atoms with van der Waals surface area (Å²) in [6.45, 7) is -0.0443. The minimum atomic E-state index is -0.0467. The average molecular weight is 1170 g/mol. The number of rotatable bonds is 8. The molecular formula is C90H57B2N. The Balaban J connectivity index is 1.05. The molecule has 0 aliphatic carbocycles. The normalized spacial score (nSPS) is 12.9. The molecule has 93 heavy (non-hydrogen) atoms. The molecule has 16 aromatic rings. The fraction of sp³-hybridized carbons (Fsp3) is 0.0222. The van der Waals surface area contributed by atoms with E-state index in [2.05, 4.69) is 327 Å². The van der Waals surface area contributed by atoms with Gasteiger partial charge in [0.15, 0.2) is 0 Å². The third-order valence-corrected chi connectivity index (χ3v) is 21.3. The molecule has 0 amide bonds. The summed E-state index contributed by atoms with van der Waals surface area (Å²) in [6, 6.07) is 121. The van der Waals surface area contributed by atoms with Gasteiger partial charge in [0.25, 0.3) is 0 Å². The lowest BCUT2D eigenvalue weighted by Gasteiger charge is -2.40. The molecule has 0 atom stereocenters. The van der Waals surface area contributed by atoms with Crippen LogP contribution in [0.4, 0.5) is 11.4 Å². The molecule has 0 N–H and O–H groups in total. The van der Waals surface area contributed by atoms with Gasteiger partial charge < -0.3 is 4.90 Å². The van der Waals surface area contributed by atoms with Crippen molar-refractivity contribution >= 4 is 89.9 Å². The van der Waals surface area contributed by atoms with Crippen LogP contribution < -0.4 is 37.7 Å². The van der Waals surface area contributed by atoms with Crippen molar-refractivity contribution in [1.29, 1.82) is 0 Å². The van der Waals surface area contributed by atoms with Crippen LogP contribution in [0.3, 0.4) is 0 Å². The molecule has 20 rings (SSSR count). The van der Waals surface area contributed by atoms with Gasteiger partial charge in [0.05, 0.1) is 0 Å². The van der Waals surface area contributed by atoms with Gasteiger partial charge >= 0.3 is 0 Å². The highest BCUT2D eigenvalue weighted by atomic mass is 15.1. The van der Waals surface area contributed by atoms with Gasteiger partial charge in [-0.25, -0.2) is 0 Å². The summed E-state index contributed by atoms with van der Waals surface area (Å²) in [6.07, 6.45) is 0.892. The van der Waals surface area contributed by atoms with E-state index in [4.69, 9.17) is 0 Å². The van der Waals surface area contributed by atoms with Gasteiger partial charge in [-0.05, 0) is 221 Å². The summed E-state index contributed by atoms with van der Waals surface area (Å²) in [7, 11) is 2.27. The van der Waals surface area contributed by atoms with Gasteiger partial charge in [-0.15, -0.1) is 0 Å². The number of benzene rings is 16. The molecule has 3 heteroatoms. The van der Waals surface area contributed by atoms with Gasteiger partial charge in [0.2, 0.25) is 13.4 Å². The van der Waals surface area contributed by atoms with Crippen molar-refractivity contribution in [3.8, 4) is 111 Å². The second-order valence-corrected chi connectivity index (χ2v) is 26.0. The van der Waals surface area contributed by atoms with E-state index >= 15 is 0 Å². The summed E-state index contributed by atoms with van der Waals surface area (Å²) in [4.78, 5) is 2.45. The number of hydrogen-bond donors (Lipinski definition) is 0. The fourth-order valence-electron chi connectivity index (χ4n) is 17.4. The van der Waals surface area contributed by atoms with Crippen LogP contribution in [0.25, 0.3) is 144 Å². The van der Waals surface area contributed by atoms with Crippen molar-refractivity contribution in [2.24, 2.45) is 0 Å². The summed E-state index contributed by atoms with van der Waals surface area (Å²) in [5.41, 5.74) is 38.1. The predicted octanol–water partition coefficient (Wildman–Crippen LogP) is 18.9. The van der Waals surface area contributed by atoms with Crippen molar-refractivity contribution < 1.29 is 0 Å². The molecule has 0 spiro atoms. The number of fused-ring (bicyclic) bond motifs is 8. The first-order valence-corrected chi connectivity index (χ1v) is 32.8. The fourth-order valence-corrected chi connectivity index (χ4v) is 17.4. The van der Waals surface area contributed by atoms with E-state index < -0.39 is 0 Å². The molecule has 4 aliphatic rings. The van der Waals surface area contributed by atoms with Gasteiger partial charge in [-0.2, -0.15) is 0 Å². The second kappa shape index (κ2) is 20.2. The van der Waals surface area contributed by atoms with Crippen molar-refractivity contribution in [3.63, 3.8) is 0 Å². The first-order chi connectivity index (χ1) is 46.1. The van der Waals surface area contributed by atoms with Crippen LogP contribution in [-0.4, -0.2) is 20.5 Å². The van der Waals surface area contributed by atoms with Gasteiger partial charge in [0, 0.05) is 18.4 Å². The van der Waals surface area contributed by atoms with E-state index in [1.807, 2.05) is 0 Å². The lowest BCUT2D eigenvalue weighted by molar-refractivity contribution is 1.21. The largest absolute Gasteiger partial charge is 0.345 e. The van der Waals surface area contributed by atoms with Crippen LogP contribution in [0.5, 0.6) is 0 Å². The van der Waals surface area contributed by atoms with Crippen molar-refractivity contribution in [1.82, 2.24) is 0 Å². The number of nitrogens with zero attached hydrogens (tertiary/aromatic N) is 1. The zero-order valence-corrected chi connectivity index (χ0v) is 51.3. The maximum absolute atomic E-state index is 2.72. The van der Waals surface area contributed by atoms with Crippen LogP contribution >= 0.6 is 0 Å². The van der Waals surface area contributed by atoms with E-state index in [1.165, 1.54) is 199 Å². The Bertz CT molecular complexity index is 5640. The number of para-hydroxylation sites is 1. The average Bonchev–Trinajstić information content (AvgIpc) is 0.668. The Hall–Kier alpha value is -11.5. The molecule has 0 saturated heterocycles. The smallest absolute Gasteiger partial charge is 0.248 e. The standard InChI is InChI=1S/C90H57B2N/c1-93-81-44-23-22-43-78(81)92-80-54-76-73(83-67(57-30-12-4-13-31-57)47-63(55-26-8-2-9-27-55)48-68(83)58-32-14-5-15-33-58)51-71-65-40-24-39-62-46-61-38-20-21-42-77(61)91(89(62)65)79-53-75-74(52-72(66-41-25-45-82(93)90(66)92)86(80)88(75)87(76)85(71)79)84-69(59-34-16-6-17-35-59)49-64(56-28-10-3-11-29-56)50-70(84)60-36-18-7-19-37-60/h2-45,47-54H,46H2,1H3. The van der Waals surface area contributed by atoms with Crippen molar-refractivity contribution in [2.75, 3.05) is 11.9 Å². The van der Waals surface area contributed by atoms with Crippen LogP contribution in [0, 0.1) is 0 Å². The Morgan fingerprint density at radius 1 is 0.237 bits per heavy atom. The highest BCUT2D eigenvalue weighted by molar-refractivity contribution is 7.02. The van der Waals surface area contributed by atoms with E-state index in [1.54, 1.807) is 0 Å². The zero-order valence-electron chi connectivity index (χ0n) is 51.3. The summed E-state index contributed by atoms with van der Waals surface area (Å²) < 4.78 is 0. The zero-order chi connectivity index (χ0) is 61.0. The Morgan fingerprint density at radius 3 is 1.08 bits per heavy atom. The highest BCUT2D eigenvalue weighted by Crippen LogP contribution is 2.55. The third-order valence-electron chi connectivity index (χ3n) is 21.3. The van der Waals surface area contributed by atoms with Gasteiger partial charge in [0.1, 0.15) is 0 Å². The lowest BCUT2D eigenvalue weighted by Crippen LogP contribution is -2.60. The predicted molar refractivity (Wildman–Crippen MR) is 398 cm³/mol. The monoisotopic (exact) mass is 1170 g/mol. The van der Waals surface area contributed by atoms with Crippen LogP contribution in [0.15, 0.2) is 315 Å². The summed E-state index contributed by atoms with van der Waals surface area (Å²) in [5.74, 6) is 0. The molecule has 16 aromatic carbocycles. The van der Waals surface area contributed by atoms with E-state index in [9.17, 15) is 0 Å². The maximum Gasteiger partial charge on any atom is 0.248 e. The molecule has 4 aliphatic heterocycles. The highest BCUT2D eigenvalue weighted by Gasteiger charge is 2.44. The molecule has 0 radical (unpaired) electrons. The molecule has 428 valence electrons. The molecule has 0 aromatic heterocycles. The summed E-state index contributed by atoms with van der Waals surface area (Å²) >= 11 is 0. The number of anilines is 2. The Labute approximate surface area is 542 Å². The van der Waals surface area contributed by atoms with Crippen molar-refractivity contribution in [3.05, 3.63) is 327 Å². The third kappa shape index (κ3) is 7.66. The quantitative estimate of drug-likeness (QED) is 0.108. The minimum absolute atomic E-state index is 0.00242. The first kappa shape index (κ1) is 52.3. The van der Waals surface area contributed by atoms with Crippen LogP contribution in [0.2, 0.25) is 0 Å². The molecule has 4 heterocycles. The van der Waals surface area contributed by atoms with Gasteiger partial charge in [-0.1, -0.05) is 289 Å². The van der Waals surface area contributed by atoms with E-state index in [-0.39, 0.29) is 13.4 Å². The Kier molecular flexibility index (Phi) is 11.4. The minimum Gasteiger partial charge on any atom is -0.345 e. The lowest BCUT2D eigenvalue weighted by atomic mass is 9.30. The van der Waals surface area contributed by atoms with E-state index in [0.717, 1.165) is 6.42 Å². The maximum atomic E-state index is 2.72. The second-order valence-electron chi connectivity index (χ2n) is 26.0. The molecule has 0 unspecified atom stereocenters. The first-order valence-electron chi connectivity index (χ1n) is 32.8. The SMILES string of the molecule is CN1c2ccccc2B2c3c(cccc31)-c1cc(-c3c(-c4ccccc4)cc(-c4ccccc4)cc3-c3ccccc3)c3cc4c5c(cc(-c6c(-c7ccccc7)cc(-c7ccccc7)cc6-c6ccccc6)c6cc2c1c3c65)-c1cccc2c1B4c1ccccc1C2. The summed E-state index contributed by atoms with van der Waals surface area (Å²) in [5, 5.41) is 7.94. The van der Waals surface area contributed by atoms with Crippen LogP contribution in [0.1, 0.15) is 11.1 Å². The molecular weight excluding hydrogens is 1120 g/mol. The van der Waals surface area contributed by atoms with Crippen LogP contribution in [-0.2, 0) is 6.42 Å². The molecule has 0 bridgehead atoms. The molecule has 0 fully saturated rings. The molecule has 1 nitrogen and oxygen atoms in total. The number of hydrogen-bond acceptors (Lipinski definition) is 1. The Morgan fingerprint density at radius 2 is 0.602 bits per heavy atom. The topological polar surface area (TPSA) is 3.24 Å². The van der Waals surface area contributed by atoms with Crippen molar-refractivity contribution in [2.45, 2.75) is 6.42 Å².